The molecule has 0 N–H and O–H groups in total. The number of carbonyl (C=O) groups is 1. The number of nitrogens with zero attached hydrogens (tertiary/aromatic N) is 1. The van der Waals surface area contributed by atoms with Gasteiger partial charge in [-0.15, -0.1) is 0 Å². The minimum Gasteiger partial charge on any atom is -0.311 e. The first-order chi connectivity index (χ1) is 8.02. The summed E-state index contributed by atoms with van der Waals surface area (Å²) in [6.07, 6.45) is 0.606. The first kappa shape index (κ1) is 12.9. The van der Waals surface area contributed by atoms with E-state index >= 15 is 0 Å². The molecule has 1 aliphatic rings. The molecule has 2 nitrogen and oxygen atoms in total. The van der Waals surface area contributed by atoms with E-state index in [2.05, 4.69) is 15.9 Å². The molecule has 0 aliphatic carbocycles. The number of anilines is 1. The van der Waals surface area contributed by atoms with Crippen LogP contribution in [0.5, 0.6) is 0 Å². The van der Waals surface area contributed by atoms with Gasteiger partial charge in [-0.25, -0.2) is 0 Å². The highest BCUT2D eigenvalue weighted by Crippen LogP contribution is 2.33. The number of aryl methyl sites for hydroxylation is 2. The van der Waals surface area contributed by atoms with Crippen molar-refractivity contribution in [1.82, 2.24) is 0 Å². The molecule has 1 fully saturated rings. The molecular formula is C13H15BrClNO. The van der Waals surface area contributed by atoms with Gasteiger partial charge in [0.2, 0.25) is 5.91 Å². The van der Waals surface area contributed by atoms with Crippen LogP contribution in [0.25, 0.3) is 0 Å². The average molecular weight is 317 g/mol. The summed E-state index contributed by atoms with van der Waals surface area (Å²) >= 11 is 9.67. The molecule has 4 heteroatoms. The van der Waals surface area contributed by atoms with Crippen molar-refractivity contribution in [2.45, 2.75) is 20.3 Å². The van der Waals surface area contributed by atoms with Crippen molar-refractivity contribution in [3.05, 3.63) is 28.3 Å². The van der Waals surface area contributed by atoms with E-state index in [9.17, 15) is 4.79 Å². The first-order valence-electron chi connectivity index (χ1n) is 5.66. The van der Waals surface area contributed by atoms with E-state index in [1.807, 2.05) is 26.0 Å². The molecule has 1 unspecified atom stereocenters. The lowest BCUT2D eigenvalue weighted by molar-refractivity contribution is -0.117. The predicted octanol–water partition coefficient (Wildman–Crippen LogP) is 3.70. The van der Waals surface area contributed by atoms with Crippen molar-refractivity contribution in [1.29, 1.82) is 0 Å². The molecule has 0 radical (unpaired) electrons. The summed E-state index contributed by atoms with van der Waals surface area (Å²) in [5, 5.41) is 1.52. The van der Waals surface area contributed by atoms with Gasteiger partial charge in [-0.05, 0) is 43.0 Å². The van der Waals surface area contributed by atoms with Crippen LogP contribution in [0.4, 0.5) is 5.69 Å². The van der Waals surface area contributed by atoms with Crippen LogP contribution in [0.15, 0.2) is 12.1 Å². The van der Waals surface area contributed by atoms with Crippen LogP contribution in [0.2, 0.25) is 5.02 Å². The van der Waals surface area contributed by atoms with Crippen molar-refractivity contribution in [3.8, 4) is 0 Å². The van der Waals surface area contributed by atoms with Gasteiger partial charge in [0, 0.05) is 18.3 Å². The van der Waals surface area contributed by atoms with Crippen molar-refractivity contribution < 1.29 is 4.79 Å². The lowest BCUT2D eigenvalue weighted by atomic mass is 10.1. The Labute approximate surface area is 115 Å². The molecule has 2 rings (SSSR count). The van der Waals surface area contributed by atoms with E-state index < -0.39 is 0 Å². The minimum absolute atomic E-state index is 0.166. The number of carbonyl (C=O) groups excluding carboxylic acids is 1. The van der Waals surface area contributed by atoms with E-state index in [0.717, 1.165) is 23.1 Å². The van der Waals surface area contributed by atoms with Crippen LogP contribution in [-0.4, -0.2) is 17.8 Å². The Morgan fingerprint density at radius 1 is 1.41 bits per heavy atom. The van der Waals surface area contributed by atoms with Crippen LogP contribution in [0.3, 0.4) is 0 Å². The van der Waals surface area contributed by atoms with Gasteiger partial charge in [0.25, 0.3) is 0 Å². The normalized spacial score (nSPS) is 20.1. The highest BCUT2D eigenvalue weighted by atomic mass is 79.9. The summed E-state index contributed by atoms with van der Waals surface area (Å²) < 4.78 is 0. The second kappa shape index (κ2) is 4.99. The molecule has 1 heterocycles. The second-order valence-electron chi connectivity index (χ2n) is 4.62. The van der Waals surface area contributed by atoms with E-state index in [1.54, 1.807) is 4.90 Å². The topological polar surface area (TPSA) is 20.3 Å². The molecule has 0 aromatic heterocycles. The maximum Gasteiger partial charge on any atom is 0.227 e. The summed E-state index contributed by atoms with van der Waals surface area (Å²) in [6.45, 7) is 4.82. The molecule has 0 bridgehead atoms. The van der Waals surface area contributed by atoms with Crippen LogP contribution >= 0.6 is 27.5 Å². The fourth-order valence-corrected chi connectivity index (χ4v) is 2.84. The molecule has 1 aliphatic heterocycles. The number of hydrogen-bond donors (Lipinski definition) is 0. The van der Waals surface area contributed by atoms with Crippen molar-refractivity contribution in [3.63, 3.8) is 0 Å². The Morgan fingerprint density at radius 2 is 2.06 bits per heavy atom. The van der Waals surface area contributed by atoms with Gasteiger partial charge in [-0.3, -0.25) is 4.79 Å². The molecule has 92 valence electrons. The molecule has 1 aromatic carbocycles. The van der Waals surface area contributed by atoms with E-state index in [0.29, 0.717) is 17.4 Å². The molecule has 0 saturated carbocycles. The SMILES string of the molecule is Cc1cc(Cl)c(N2CC(CBr)CC2=O)cc1C. The zero-order valence-electron chi connectivity index (χ0n) is 9.96. The third-order valence-corrected chi connectivity index (χ3v) is 4.50. The quantitative estimate of drug-likeness (QED) is 0.762. The standard InChI is InChI=1S/C13H15BrClNO/c1-8-3-11(15)12(4-9(8)2)16-7-10(6-14)5-13(16)17/h3-4,10H,5-7H2,1-2H3. The number of alkyl halides is 1. The Hall–Kier alpha value is -0.540. The fraction of sp³-hybridized carbons (Fsp3) is 0.462. The molecular weight excluding hydrogens is 302 g/mol. The number of benzene rings is 1. The van der Waals surface area contributed by atoms with E-state index in [1.165, 1.54) is 5.56 Å². The van der Waals surface area contributed by atoms with Crippen LogP contribution in [0.1, 0.15) is 17.5 Å². The Bertz CT molecular complexity index is 461. The lowest BCUT2D eigenvalue weighted by Crippen LogP contribution is -2.25. The zero-order valence-corrected chi connectivity index (χ0v) is 12.3. The van der Waals surface area contributed by atoms with Gasteiger partial charge in [-0.1, -0.05) is 27.5 Å². The fourth-order valence-electron chi connectivity index (χ4n) is 2.09. The summed E-state index contributed by atoms with van der Waals surface area (Å²) in [4.78, 5) is 13.7. The van der Waals surface area contributed by atoms with Crippen molar-refractivity contribution >= 4 is 39.1 Å². The van der Waals surface area contributed by atoms with Gasteiger partial charge in [0.05, 0.1) is 10.7 Å². The molecule has 1 atom stereocenters. The Kier molecular flexibility index (Phi) is 3.79. The summed E-state index contributed by atoms with van der Waals surface area (Å²) in [7, 11) is 0. The zero-order chi connectivity index (χ0) is 12.6. The molecule has 1 aromatic rings. The van der Waals surface area contributed by atoms with Crippen LogP contribution < -0.4 is 4.90 Å². The first-order valence-corrected chi connectivity index (χ1v) is 7.16. The van der Waals surface area contributed by atoms with Crippen LogP contribution in [0, 0.1) is 19.8 Å². The van der Waals surface area contributed by atoms with Gasteiger partial charge < -0.3 is 4.90 Å². The molecule has 0 spiro atoms. The maximum atomic E-state index is 11.9. The van der Waals surface area contributed by atoms with Crippen molar-refractivity contribution in [2.24, 2.45) is 5.92 Å². The Balaban J connectivity index is 2.35. The smallest absolute Gasteiger partial charge is 0.227 e. The average Bonchev–Trinajstić information content (AvgIpc) is 2.65. The highest BCUT2D eigenvalue weighted by molar-refractivity contribution is 9.09. The number of hydrogen-bond acceptors (Lipinski definition) is 1. The Morgan fingerprint density at radius 3 is 2.65 bits per heavy atom. The lowest BCUT2D eigenvalue weighted by Gasteiger charge is -2.19. The second-order valence-corrected chi connectivity index (χ2v) is 5.67. The van der Waals surface area contributed by atoms with Gasteiger partial charge in [0.15, 0.2) is 0 Å². The largest absolute Gasteiger partial charge is 0.311 e. The summed E-state index contributed by atoms with van der Waals surface area (Å²) in [6, 6.07) is 3.94. The summed E-state index contributed by atoms with van der Waals surface area (Å²) in [5.41, 5.74) is 3.17. The number of halogens is 2. The highest BCUT2D eigenvalue weighted by Gasteiger charge is 2.31. The van der Waals surface area contributed by atoms with E-state index in [-0.39, 0.29) is 5.91 Å². The van der Waals surface area contributed by atoms with Gasteiger partial charge in [0.1, 0.15) is 0 Å². The molecule has 1 saturated heterocycles. The number of amides is 1. The van der Waals surface area contributed by atoms with Gasteiger partial charge >= 0.3 is 0 Å². The molecule has 1 amide bonds. The van der Waals surface area contributed by atoms with Gasteiger partial charge in [-0.2, -0.15) is 0 Å². The predicted molar refractivity (Wildman–Crippen MR) is 75.2 cm³/mol. The maximum absolute atomic E-state index is 11.9. The molecule has 17 heavy (non-hydrogen) atoms. The monoisotopic (exact) mass is 315 g/mol. The minimum atomic E-state index is 0.166. The van der Waals surface area contributed by atoms with E-state index in [4.69, 9.17) is 11.6 Å². The third-order valence-electron chi connectivity index (χ3n) is 3.28. The van der Waals surface area contributed by atoms with Crippen LogP contribution in [-0.2, 0) is 4.79 Å². The number of rotatable bonds is 2. The summed E-state index contributed by atoms with van der Waals surface area (Å²) in [5.74, 6) is 0.555. The van der Waals surface area contributed by atoms with Crippen molar-refractivity contribution in [2.75, 3.05) is 16.8 Å². The third kappa shape index (κ3) is 2.50.